The van der Waals surface area contributed by atoms with Crippen molar-refractivity contribution >= 4 is 40.1 Å². The number of carbonyl (C=O) groups excluding carboxylic acids is 2. The number of fused-ring (bicyclic) bond motifs is 2. The van der Waals surface area contributed by atoms with Crippen molar-refractivity contribution in [3.8, 4) is 0 Å². The number of anilines is 1. The molecule has 2 fully saturated rings. The largest absolute Gasteiger partial charge is 0.353 e. The Morgan fingerprint density at radius 1 is 1.21 bits per heavy atom. The van der Waals surface area contributed by atoms with Gasteiger partial charge in [0.15, 0.2) is 0 Å². The molecule has 4 rings (SSSR count). The van der Waals surface area contributed by atoms with Crippen molar-refractivity contribution in [3.05, 3.63) is 34.9 Å². The molecule has 0 radical (unpaired) electrons. The van der Waals surface area contributed by atoms with Crippen molar-refractivity contribution in [1.29, 1.82) is 0 Å². The van der Waals surface area contributed by atoms with E-state index >= 15 is 0 Å². The Hall–Kier alpha value is -2.34. The standard InChI is InChI=1S/C17H17ClN4O2/c1-10-13(18)4-2-11-3-5-14(20-15(10)11)21-6-7-22-12(9-21)8-19-16(23)17(22)24/h2-5,12H,6-9H2,1H3,(H,19,23)/t12-/m1/s1. The van der Waals surface area contributed by atoms with E-state index in [1.54, 1.807) is 4.90 Å². The van der Waals surface area contributed by atoms with Crippen LogP contribution in [0.1, 0.15) is 5.56 Å². The quantitative estimate of drug-likeness (QED) is 0.793. The van der Waals surface area contributed by atoms with Gasteiger partial charge in [0.2, 0.25) is 0 Å². The summed E-state index contributed by atoms with van der Waals surface area (Å²) in [5.41, 5.74) is 1.87. The summed E-state index contributed by atoms with van der Waals surface area (Å²) in [5, 5.41) is 4.42. The van der Waals surface area contributed by atoms with Gasteiger partial charge in [0.25, 0.3) is 0 Å². The number of piperazine rings is 2. The normalized spacial score (nSPS) is 21.0. The molecule has 2 aliphatic rings. The Balaban J connectivity index is 1.63. The number of pyridine rings is 1. The fraction of sp³-hybridized carbons (Fsp3) is 0.353. The van der Waals surface area contributed by atoms with Gasteiger partial charge in [0.05, 0.1) is 11.6 Å². The summed E-state index contributed by atoms with van der Waals surface area (Å²) in [5.74, 6) is -0.0642. The highest BCUT2D eigenvalue weighted by Crippen LogP contribution is 2.27. The van der Waals surface area contributed by atoms with Gasteiger partial charge in [-0.25, -0.2) is 4.98 Å². The van der Waals surface area contributed by atoms with E-state index in [0.29, 0.717) is 31.2 Å². The van der Waals surface area contributed by atoms with Crippen molar-refractivity contribution in [3.63, 3.8) is 0 Å². The molecule has 1 atom stereocenters. The minimum atomic E-state index is -0.506. The Morgan fingerprint density at radius 3 is 2.83 bits per heavy atom. The van der Waals surface area contributed by atoms with Crippen LogP contribution in [0, 0.1) is 6.92 Å². The lowest BCUT2D eigenvalue weighted by atomic mass is 10.1. The lowest BCUT2D eigenvalue weighted by molar-refractivity contribution is -0.150. The van der Waals surface area contributed by atoms with Crippen LogP contribution in [-0.2, 0) is 9.59 Å². The highest BCUT2D eigenvalue weighted by molar-refractivity contribution is 6.35. The summed E-state index contributed by atoms with van der Waals surface area (Å²) in [6, 6.07) is 7.88. The Kier molecular flexibility index (Phi) is 3.57. The zero-order chi connectivity index (χ0) is 16.8. The van der Waals surface area contributed by atoms with Crippen LogP contribution >= 0.6 is 11.6 Å². The second-order valence-electron chi connectivity index (χ2n) is 6.22. The van der Waals surface area contributed by atoms with Crippen molar-refractivity contribution < 1.29 is 9.59 Å². The van der Waals surface area contributed by atoms with E-state index in [1.807, 2.05) is 31.2 Å². The molecule has 1 aromatic carbocycles. The van der Waals surface area contributed by atoms with Gasteiger partial charge in [0.1, 0.15) is 5.82 Å². The SMILES string of the molecule is Cc1c(Cl)ccc2ccc(N3CCN4C(=O)C(=O)NC[C@@H]4C3)nc12. The molecular weight excluding hydrogens is 328 g/mol. The second kappa shape index (κ2) is 5.63. The summed E-state index contributed by atoms with van der Waals surface area (Å²) in [7, 11) is 0. The van der Waals surface area contributed by atoms with Gasteiger partial charge < -0.3 is 15.1 Å². The maximum absolute atomic E-state index is 11.9. The summed E-state index contributed by atoms with van der Waals surface area (Å²) in [6.45, 7) is 4.30. The number of aromatic nitrogens is 1. The van der Waals surface area contributed by atoms with Crippen LogP contribution < -0.4 is 10.2 Å². The summed E-state index contributed by atoms with van der Waals surface area (Å²) < 4.78 is 0. The first-order valence-corrected chi connectivity index (χ1v) is 8.32. The van der Waals surface area contributed by atoms with Crippen molar-refractivity contribution in [1.82, 2.24) is 15.2 Å². The minimum Gasteiger partial charge on any atom is -0.353 e. The monoisotopic (exact) mass is 344 g/mol. The first-order valence-electron chi connectivity index (χ1n) is 7.94. The van der Waals surface area contributed by atoms with E-state index < -0.39 is 11.8 Å². The number of nitrogens with one attached hydrogen (secondary N) is 1. The molecule has 0 unspecified atom stereocenters. The number of hydrogen-bond donors (Lipinski definition) is 1. The topological polar surface area (TPSA) is 65.5 Å². The number of carbonyl (C=O) groups is 2. The van der Waals surface area contributed by atoms with Gasteiger partial charge in [-0.3, -0.25) is 9.59 Å². The van der Waals surface area contributed by atoms with E-state index in [2.05, 4.69) is 10.2 Å². The number of amides is 2. The number of rotatable bonds is 1. The molecule has 7 heteroatoms. The zero-order valence-electron chi connectivity index (χ0n) is 13.3. The third kappa shape index (κ3) is 2.38. The van der Waals surface area contributed by atoms with E-state index in [9.17, 15) is 9.59 Å². The molecule has 6 nitrogen and oxygen atoms in total. The van der Waals surface area contributed by atoms with Gasteiger partial charge in [0, 0.05) is 36.6 Å². The predicted octanol–water partition coefficient (Wildman–Crippen LogP) is 1.34. The number of aryl methyl sites for hydroxylation is 1. The molecular formula is C17H17ClN4O2. The molecule has 0 spiro atoms. The maximum atomic E-state index is 11.9. The first kappa shape index (κ1) is 15.2. The van der Waals surface area contributed by atoms with E-state index in [0.717, 1.165) is 22.3 Å². The van der Waals surface area contributed by atoms with Gasteiger partial charge in [-0.1, -0.05) is 17.7 Å². The highest BCUT2D eigenvalue weighted by Gasteiger charge is 2.37. The molecule has 0 aliphatic carbocycles. The van der Waals surface area contributed by atoms with Crippen molar-refractivity contribution in [2.24, 2.45) is 0 Å². The molecule has 124 valence electrons. The second-order valence-corrected chi connectivity index (χ2v) is 6.63. The molecule has 24 heavy (non-hydrogen) atoms. The molecule has 1 aromatic heterocycles. The number of benzene rings is 1. The molecule has 2 aromatic rings. The van der Waals surface area contributed by atoms with Crippen LogP contribution in [0.25, 0.3) is 10.9 Å². The average Bonchev–Trinajstić information content (AvgIpc) is 2.61. The predicted molar refractivity (Wildman–Crippen MR) is 92.2 cm³/mol. The van der Waals surface area contributed by atoms with Gasteiger partial charge in [-0.2, -0.15) is 0 Å². The Morgan fingerprint density at radius 2 is 2.00 bits per heavy atom. The minimum absolute atomic E-state index is 0.0121. The molecule has 0 bridgehead atoms. The Labute approximate surface area is 144 Å². The average molecular weight is 345 g/mol. The lowest BCUT2D eigenvalue weighted by Crippen LogP contribution is -2.65. The fourth-order valence-corrected chi connectivity index (χ4v) is 3.55. The summed E-state index contributed by atoms with van der Waals surface area (Å²) >= 11 is 6.21. The number of halogens is 1. The smallest absolute Gasteiger partial charge is 0.312 e. The van der Waals surface area contributed by atoms with Crippen molar-refractivity contribution in [2.75, 3.05) is 31.1 Å². The van der Waals surface area contributed by atoms with Crippen molar-refractivity contribution in [2.45, 2.75) is 13.0 Å². The number of hydrogen-bond acceptors (Lipinski definition) is 4. The molecule has 0 saturated carbocycles. The molecule has 1 N–H and O–H groups in total. The Bertz CT molecular complexity index is 854. The highest BCUT2D eigenvalue weighted by atomic mass is 35.5. The first-order chi connectivity index (χ1) is 11.5. The van der Waals surface area contributed by atoms with Crippen LogP contribution in [-0.4, -0.2) is 53.9 Å². The zero-order valence-corrected chi connectivity index (χ0v) is 14.0. The van der Waals surface area contributed by atoms with Crippen LogP contribution in [0.5, 0.6) is 0 Å². The van der Waals surface area contributed by atoms with Gasteiger partial charge in [-0.05, 0) is 30.7 Å². The molecule has 2 aliphatic heterocycles. The summed E-state index contributed by atoms with van der Waals surface area (Å²) in [6.07, 6.45) is 0. The lowest BCUT2D eigenvalue weighted by Gasteiger charge is -2.43. The van der Waals surface area contributed by atoms with Gasteiger partial charge >= 0.3 is 11.8 Å². The third-order valence-corrected chi connectivity index (χ3v) is 5.20. The van der Waals surface area contributed by atoms with Crippen LogP contribution in [0.3, 0.4) is 0 Å². The third-order valence-electron chi connectivity index (χ3n) is 4.79. The van der Waals surface area contributed by atoms with E-state index in [1.165, 1.54) is 0 Å². The van der Waals surface area contributed by atoms with E-state index in [4.69, 9.17) is 16.6 Å². The molecule has 2 saturated heterocycles. The van der Waals surface area contributed by atoms with E-state index in [-0.39, 0.29) is 6.04 Å². The van der Waals surface area contributed by atoms with Crippen LogP contribution in [0.4, 0.5) is 5.82 Å². The molecule has 2 amide bonds. The summed E-state index contributed by atoms with van der Waals surface area (Å²) in [4.78, 5) is 32.0. The van der Waals surface area contributed by atoms with Crippen LogP contribution in [0.15, 0.2) is 24.3 Å². The number of nitrogens with zero attached hydrogens (tertiary/aromatic N) is 3. The van der Waals surface area contributed by atoms with Crippen LogP contribution in [0.2, 0.25) is 5.02 Å². The van der Waals surface area contributed by atoms with Gasteiger partial charge in [-0.15, -0.1) is 0 Å². The fourth-order valence-electron chi connectivity index (χ4n) is 3.39. The molecule has 3 heterocycles. The maximum Gasteiger partial charge on any atom is 0.312 e.